The van der Waals surface area contributed by atoms with Crippen LogP contribution in [0.4, 0.5) is 0 Å². The average molecular weight is 234 g/mol. The molecular formula is C13H18N2O2. The van der Waals surface area contributed by atoms with Crippen LogP contribution < -0.4 is 5.90 Å². The number of nitriles is 1. The van der Waals surface area contributed by atoms with Crippen LogP contribution in [-0.2, 0) is 9.63 Å². The highest BCUT2D eigenvalue weighted by atomic mass is 16.6. The number of nitrogens with zero attached hydrogens (tertiary/aromatic N) is 1. The van der Waals surface area contributed by atoms with Crippen LogP contribution >= 0.6 is 0 Å². The van der Waals surface area contributed by atoms with Crippen LogP contribution in [0.5, 0.6) is 0 Å². The quantitative estimate of drug-likeness (QED) is 0.461. The van der Waals surface area contributed by atoms with E-state index in [4.69, 9.17) is 16.0 Å². The lowest BCUT2D eigenvalue weighted by molar-refractivity contribution is -0.120. The lowest BCUT2D eigenvalue weighted by Gasteiger charge is -2.32. The van der Waals surface area contributed by atoms with Crippen molar-refractivity contribution in [2.45, 2.75) is 44.9 Å². The van der Waals surface area contributed by atoms with Crippen LogP contribution in [0.25, 0.3) is 0 Å². The van der Waals surface area contributed by atoms with Crippen LogP contribution in [0, 0.1) is 23.2 Å². The fraction of sp³-hybridized carbons (Fsp3) is 0.692. The molecule has 0 aromatic carbocycles. The van der Waals surface area contributed by atoms with E-state index in [9.17, 15) is 4.79 Å². The molecule has 2 aliphatic carbocycles. The minimum atomic E-state index is -0.316. The molecule has 2 rings (SSSR count). The highest BCUT2D eigenvalue weighted by molar-refractivity contribution is 5.95. The second kappa shape index (κ2) is 5.33. The number of Topliss-reactive ketones (excluding diaryl/α,β-unsaturated/α-hetero) is 1. The molecule has 2 unspecified atom stereocenters. The van der Waals surface area contributed by atoms with Gasteiger partial charge in [0.1, 0.15) is 11.8 Å². The SMILES string of the molecule is N#CC(=O)C1CCCCC1C(ON)=C1CCC1. The van der Waals surface area contributed by atoms with E-state index in [0.29, 0.717) is 0 Å². The summed E-state index contributed by atoms with van der Waals surface area (Å²) in [5.74, 6) is 5.68. The van der Waals surface area contributed by atoms with E-state index < -0.39 is 0 Å². The third kappa shape index (κ3) is 2.34. The number of ketones is 1. The molecule has 2 N–H and O–H groups in total. The molecule has 0 heterocycles. The Morgan fingerprint density at radius 2 is 1.88 bits per heavy atom. The first kappa shape index (κ1) is 12.1. The average Bonchev–Trinajstić information content (AvgIpc) is 2.32. The maximum absolute atomic E-state index is 11.6. The monoisotopic (exact) mass is 234 g/mol. The number of hydrogen-bond donors (Lipinski definition) is 1. The number of hydrogen-bond acceptors (Lipinski definition) is 4. The third-order valence-electron chi connectivity index (χ3n) is 3.98. The molecule has 2 saturated carbocycles. The smallest absolute Gasteiger partial charge is 0.235 e. The summed E-state index contributed by atoms with van der Waals surface area (Å²) in [7, 11) is 0. The Hall–Kier alpha value is -1.34. The van der Waals surface area contributed by atoms with Gasteiger partial charge in [0, 0.05) is 11.8 Å². The molecule has 0 radical (unpaired) electrons. The number of rotatable bonds is 3. The van der Waals surface area contributed by atoms with Crippen molar-refractivity contribution in [1.29, 1.82) is 5.26 Å². The number of carbonyl (C=O) groups is 1. The van der Waals surface area contributed by atoms with Crippen molar-refractivity contribution in [3.05, 3.63) is 11.3 Å². The molecule has 2 fully saturated rings. The van der Waals surface area contributed by atoms with Gasteiger partial charge in [-0.3, -0.25) is 4.79 Å². The van der Waals surface area contributed by atoms with Crippen molar-refractivity contribution in [3.63, 3.8) is 0 Å². The first-order valence-electron chi connectivity index (χ1n) is 6.30. The van der Waals surface area contributed by atoms with Crippen LogP contribution in [0.3, 0.4) is 0 Å². The summed E-state index contributed by atoms with van der Waals surface area (Å²) in [5.41, 5.74) is 1.25. The van der Waals surface area contributed by atoms with Gasteiger partial charge < -0.3 is 4.84 Å². The van der Waals surface area contributed by atoms with Crippen molar-refractivity contribution >= 4 is 5.78 Å². The summed E-state index contributed by atoms with van der Waals surface area (Å²) >= 11 is 0. The lowest BCUT2D eigenvalue weighted by Crippen LogP contribution is -2.31. The van der Waals surface area contributed by atoms with Crippen molar-refractivity contribution in [1.82, 2.24) is 0 Å². The summed E-state index contributed by atoms with van der Waals surface area (Å²) < 4.78 is 0. The Bertz CT molecular complexity index is 375. The van der Waals surface area contributed by atoms with E-state index in [1.54, 1.807) is 6.07 Å². The zero-order chi connectivity index (χ0) is 12.3. The van der Waals surface area contributed by atoms with Crippen molar-refractivity contribution in [2.75, 3.05) is 0 Å². The second-order valence-electron chi connectivity index (χ2n) is 4.91. The molecule has 0 saturated heterocycles. The van der Waals surface area contributed by atoms with Crippen LogP contribution in [0.1, 0.15) is 44.9 Å². The van der Waals surface area contributed by atoms with E-state index >= 15 is 0 Å². The molecule has 2 aliphatic rings. The Kier molecular flexibility index (Phi) is 3.80. The van der Waals surface area contributed by atoms with Gasteiger partial charge in [-0.05, 0) is 37.7 Å². The zero-order valence-electron chi connectivity index (χ0n) is 9.95. The number of nitrogens with two attached hydrogens (primary N) is 1. The normalized spacial score (nSPS) is 27.9. The standard InChI is InChI=1S/C13H18N2O2/c14-8-12(16)10-6-1-2-7-11(10)13(17-15)9-4-3-5-9/h10-11H,1-7,15H2. The predicted octanol–water partition coefficient (Wildman–Crippen LogP) is 2.21. The van der Waals surface area contributed by atoms with Crippen molar-refractivity contribution in [3.8, 4) is 6.07 Å². The molecule has 92 valence electrons. The molecular weight excluding hydrogens is 216 g/mol. The van der Waals surface area contributed by atoms with Gasteiger partial charge >= 0.3 is 0 Å². The van der Waals surface area contributed by atoms with Crippen molar-refractivity contribution < 1.29 is 9.63 Å². The maximum atomic E-state index is 11.6. The maximum Gasteiger partial charge on any atom is 0.235 e. The van der Waals surface area contributed by atoms with E-state index in [1.165, 1.54) is 12.0 Å². The lowest BCUT2D eigenvalue weighted by atomic mass is 9.73. The van der Waals surface area contributed by atoms with Gasteiger partial charge in [-0.1, -0.05) is 12.8 Å². The Balaban J connectivity index is 2.21. The van der Waals surface area contributed by atoms with Gasteiger partial charge in [0.25, 0.3) is 0 Å². The van der Waals surface area contributed by atoms with E-state index in [1.807, 2.05) is 0 Å². The predicted molar refractivity (Wildman–Crippen MR) is 62.2 cm³/mol. The summed E-state index contributed by atoms with van der Waals surface area (Å²) in [5, 5.41) is 8.78. The van der Waals surface area contributed by atoms with Gasteiger partial charge in [0.05, 0.1) is 0 Å². The topological polar surface area (TPSA) is 76.1 Å². The largest absolute Gasteiger partial charge is 0.416 e. The molecule has 17 heavy (non-hydrogen) atoms. The van der Waals surface area contributed by atoms with E-state index in [2.05, 4.69) is 0 Å². The summed E-state index contributed by atoms with van der Waals surface area (Å²) in [4.78, 5) is 16.7. The molecule has 0 aromatic heterocycles. The summed E-state index contributed by atoms with van der Waals surface area (Å²) in [6, 6.07) is 1.76. The van der Waals surface area contributed by atoms with Crippen LogP contribution in [0.2, 0.25) is 0 Å². The van der Waals surface area contributed by atoms with E-state index in [-0.39, 0.29) is 17.6 Å². The minimum absolute atomic E-state index is 0.0381. The fourth-order valence-corrected chi connectivity index (χ4v) is 2.87. The van der Waals surface area contributed by atoms with Gasteiger partial charge in [-0.15, -0.1) is 0 Å². The molecule has 0 amide bonds. The Labute approximate surface area is 101 Å². The highest BCUT2D eigenvalue weighted by Gasteiger charge is 2.36. The number of carbonyl (C=O) groups excluding carboxylic acids is 1. The molecule has 0 spiro atoms. The zero-order valence-corrected chi connectivity index (χ0v) is 9.95. The summed E-state index contributed by atoms with van der Waals surface area (Å²) in [6.45, 7) is 0. The van der Waals surface area contributed by atoms with Crippen LogP contribution in [0.15, 0.2) is 11.3 Å². The second-order valence-corrected chi connectivity index (χ2v) is 4.91. The molecule has 0 aliphatic heterocycles. The van der Waals surface area contributed by atoms with Gasteiger partial charge in [-0.25, -0.2) is 0 Å². The Morgan fingerprint density at radius 1 is 1.24 bits per heavy atom. The molecule has 4 nitrogen and oxygen atoms in total. The van der Waals surface area contributed by atoms with E-state index in [0.717, 1.165) is 44.3 Å². The first-order valence-corrected chi connectivity index (χ1v) is 6.30. The van der Waals surface area contributed by atoms with Gasteiger partial charge in [0.2, 0.25) is 5.78 Å². The minimum Gasteiger partial charge on any atom is -0.416 e. The summed E-state index contributed by atoms with van der Waals surface area (Å²) in [6.07, 6.45) is 7.02. The molecule has 4 heteroatoms. The number of allylic oxidation sites excluding steroid dienone is 2. The molecule has 2 atom stereocenters. The third-order valence-corrected chi connectivity index (χ3v) is 3.98. The first-order chi connectivity index (χ1) is 8.27. The highest BCUT2D eigenvalue weighted by Crippen LogP contribution is 2.40. The Morgan fingerprint density at radius 3 is 2.35 bits per heavy atom. The molecule has 0 aromatic rings. The van der Waals surface area contributed by atoms with Gasteiger partial charge in [0.15, 0.2) is 0 Å². The molecule has 0 bridgehead atoms. The van der Waals surface area contributed by atoms with Crippen molar-refractivity contribution in [2.24, 2.45) is 17.7 Å². The van der Waals surface area contributed by atoms with Crippen LogP contribution in [-0.4, -0.2) is 5.78 Å². The fourth-order valence-electron chi connectivity index (χ4n) is 2.87. The van der Waals surface area contributed by atoms with Gasteiger partial charge in [-0.2, -0.15) is 11.2 Å².